The Morgan fingerprint density at radius 1 is 1.35 bits per heavy atom. The molecule has 148 valence electrons. The Labute approximate surface area is 157 Å². The van der Waals surface area contributed by atoms with Gasteiger partial charge in [0.2, 0.25) is 0 Å². The van der Waals surface area contributed by atoms with Gasteiger partial charge in [0.1, 0.15) is 0 Å². The summed E-state index contributed by atoms with van der Waals surface area (Å²) < 4.78 is 12.9. The lowest BCUT2D eigenvalue weighted by Gasteiger charge is -2.22. The first-order valence-electron chi connectivity index (χ1n) is 9.65. The van der Waals surface area contributed by atoms with Crippen LogP contribution in [0.4, 0.5) is 0 Å². The third kappa shape index (κ3) is 6.29. The molecule has 0 aromatic carbocycles. The smallest absolute Gasteiger partial charge is 0.194 e. The summed E-state index contributed by atoms with van der Waals surface area (Å²) in [5, 5.41) is 7.98. The van der Waals surface area contributed by atoms with Gasteiger partial charge in [0.25, 0.3) is 0 Å². The minimum atomic E-state index is 0.625. The minimum absolute atomic E-state index is 0.625. The lowest BCUT2D eigenvalue weighted by atomic mass is 10.2. The number of rotatable bonds is 11. The second-order valence-corrected chi connectivity index (χ2v) is 6.98. The summed E-state index contributed by atoms with van der Waals surface area (Å²) in [6.45, 7) is 11.6. The molecular formula is C19H35N5O2. The predicted octanol–water partition coefficient (Wildman–Crippen LogP) is 1.97. The van der Waals surface area contributed by atoms with Crippen LogP contribution >= 0.6 is 0 Å². The monoisotopic (exact) mass is 365 g/mol. The minimum Gasteiger partial charge on any atom is -0.383 e. The highest BCUT2D eigenvalue weighted by Gasteiger charge is 2.21. The molecular weight excluding hydrogens is 330 g/mol. The Bertz CT molecular complexity index is 581. The van der Waals surface area contributed by atoms with Gasteiger partial charge >= 0.3 is 0 Å². The molecule has 0 bridgehead atoms. The van der Waals surface area contributed by atoms with E-state index in [9.17, 15) is 0 Å². The molecule has 0 aliphatic heterocycles. The number of guanidine groups is 1. The summed E-state index contributed by atoms with van der Waals surface area (Å²) in [6.07, 6.45) is 2.66. The highest BCUT2D eigenvalue weighted by atomic mass is 16.5. The summed E-state index contributed by atoms with van der Waals surface area (Å²) in [5.74, 6) is 1.72. The lowest BCUT2D eigenvalue weighted by molar-refractivity contribution is 0.115. The first-order valence-corrected chi connectivity index (χ1v) is 9.65. The van der Waals surface area contributed by atoms with Crippen molar-refractivity contribution in [2.45, 2.75) is 46.7 Å². The second kappa shape index (κ2) is 10.5. The number of likely N-dealkylation sites (N-methyl/N-ethyl adjacent to an activating group) is 1. The van der Waals surface area contributed by atoms with Gasteiger partial charge in [-0.1, -0.05) is 0 Å². The average molecular weight is 366 g/mol. The molecule has 7 nitrogen and oxygen atoms in total. The maximum atomic E-state index is 5.75. The molecule has 1 saturated carbocycles. The number of hydrogen-bond donors (Lipinski definition) is 1. The molecule has 1 aliphatic carbocycles. The fourth-order valence-electron chi connectivity index (χ4n) is 2.82. The van der Waals surface area contributed by atoms with E-state index in [1.54, 1.807) is 7.11 Å². The third-order valence-electron chi connectivity index (χ3n) is 4.74. The normalized spacial score (nSPS) is 14.7. The fraction of sp³-hybridized carbons (Fsp3) is 0.789. The molecule has 1 aromatic rings. The number of hydrogen-bond acceptors (Lipinski definition) is 4. The molecule has 7 heteroatoms. The second-order valence-electron chi connectivity index (χ2n) is 6.98. The number of nitrogens with zero attached hydrogens (tertiary/aromatic N) is 4. The van der Waals surface area contributed by atoms with Crippen molar-refractivity contribution in [2.24, 2.45) is 10.9 Å². The highest BCUT2D eigenvalue weighted by molar-refractivity contribution is 5.79. The van der Waals surface area contributed by atoms with Crippen LogP contribution in [0, 0.1) is 19.8 Å². The number of aliphatic imine (C=N–C) groups is 1. The van der Waals surface area contributed by atoms with Crippen LogP contribution in [0.1, 0.15) is 36.7 Å². The van der Waals surface area contributed by atoms with Gasteiger partial charge in [-0.05, 0) is 39.5 Å². The van der Waals surface area contributed by atoms with Gasteiger partial charge in [-0.2, -0.15) is 5.10 Å². The standard InChI is InChI=1S/C19H35N5O2/c1-6-20-19(23(4)9-12-26-14-17-7-8-17)21-13-18-15(2)22-24(16(18)3)10-11-25-5/h17H,6-14H2,1-5H3,(H,20,21). The summed E-state index contributed by atoms with van der Waals surface area (Å²) >= 11 is 0. The third-order valence-corrected chi connectivity index (χ3v) is 4.74. The number of nitrogens with one attached hydrogen (secondary N) is 1. The van der Waals surface area contributed by atoms with E-state index in [-0.39, 0.29) is 0 Å². The molecule has 0 amide bonds. The maximum absolute atomic E-state index is 5.75. The van der Waals surface area contributed by atoms with E-state index in [0.717, 1.165) is 56.1 Å². The van der Waals surface area contributed by atoms with Crippen LogP contribution in [0.2, 0.25) is 0 Å². The van der Waals surface area contributed by atoms with Crippen LogP contribution in [0.15, 0.2) is 4.99 Å². The first-order chi connectivity index (χ1) is 12.6. The number of ether oxygens (including phenoxy) is 2. The van der Waals surface area contributed by atoms with E-state index >= 15 is 0 Å². The number of aromatic nitrogens is 2. The Kier molecular flexibility index (Phi) is 8.38. The van der Waals surface area contributed by atoms with Crippen molar-refractivity contribution in [1.29, 1.82) is 0 Å². The van der Waals surface area contributed by atoms with Crippen molar-refractivity contribution in [2.75, 3.05) is 47.1 Å². The zero-order chi connectivity index (χ0) is 18.9. The molecule has 26 heavy (non-hydrogen) atoms. The molecule has 2 rings (SSSR count). The molecule has 1 aliphatic rings. The van der Waals surface area contributed by atoms with E-state index in [4.69, 9.17) is 14.5 Å². The van der Waals surface area contributed by atoms with Gasteiger partial charge in [0, 0.05) is 45.1 Å². The molecule has 0 spiro atoms. The van der Waals surface area contributed by atoms with Gasteiger partial charge < -0.3 is 19.7 Å². The van der Waals surface area contributed by atoms with E-state index in [0.29, 0.717) is 13.2 Å². The largest absolute Gasteiger partial charge is 0.383 e. The van der Waals surface area contributed by atoms with Crippen LogP contribution in [0.3, 0.4) is 0 Å². The SMILES string of the molecule is CCNC(=NCc1c(C)nn(CCOC)c1C)N(C)CCOCC1CC1. The quantitative estimate of drug-likeness (QED) is 0.369. The van der Waals surface area contributed by atoms with Crippen LogP contribution in [0.5, 0.6) is 0 Å². The first kappa shape index (κ1) is 20.7. The van der Waals surface area contributed by atoms with Crippen molar-refractivity contribution in [3.63, 3.8) is 0 Å². The zero-order valence-corrected chi connectivity index (χ0v) is 17.0. The molecule has 1 fully saturated rings. The van der Waals surface area contributed by atoms with Crippen LogP contribution in [-0.4, -0.2) is 67.7 Å². The number of methoxy groups -OCH3 is 1. The van der Waals surface area contributed by atoms with Crippen LogP contribution < -0.4 is 5.32 Å². The van der Waals surface area contributed by atoms with Gasteiger partial charge in [-0.15, -0.1) is 0 Å². The molecule has 1 heterocycles. The summed E-state index contributed by atoms with van der Waals surface area (Å²) in [7, 11) is 3.77. The summed E-state index contributed by atoms with van der Waals surface area (Å²) in [5.41, 5.74) is 3.39. The van der Waals surface area contributed by atoms with Gasteiger partial charge in [-0.3, -0.25) is 4.68 Å². The fourth-order valence-corrected chi connectivity index (χ4v) is 2.82. The van der Waals surface area contributed by atoms with Gasteiger partial charge in [0.05, 0.1) is 32.0 Å². The molecule has 0 saturated heterocycles. The molecule has 0 atom stereocenters. The zero-order valence-electron chi connectivity index (χ0n) is 17.0. The van der Waals surface area contributed by atoms with Gasteiger partial charge in [0.15, 0.2) is 5.96 Å². The Morgan fingerprint density at radius 3 is 2.77 bits per heavy atom. The van der Waals surface area contributed by atoms with E-state index in [2.05, 4.69) is 36.2 Å². The van der Waals surface area contributed by atoms with Crippen molar-refractivity contribution in [3.05, 3.63) is 17.0 Å². The Balaban J connectivity index is 1.93. The predicted molar refractivity (Wildman–Crippen MR) is 105 cm³/mol. The highest BCUT2D eigenvalue weighted by Crippen LogP contribution is 2.28. The lowest BCUT2D eigenvalue weighted by Crippen LogP contribution is -2.40. The maximum Gasteiger partial charge on any atom is 0.194 e. The average Bonchev–Trinajstić information content (AvgIpc) is 3.41. The molecule has 0 radical (unpaired) electrons. The van der Waals surface area contributed by atoms with Crippen molar-refractivity contribution in [3.8, 4) is 0 Å². The summed E-state index contributed by atoms with van der Waals surface area (Å²) in [4.78, 5) is 6.95. The van der Waals surface area contributed by atoms with Crippen LogP contribution in [-0.2, 0) is 22.6 Å². The Morgan fingerprint density at radius 2 is 2.12 bits per heavy atom. The van der Waals surface area contributed by atoms with Crippen molar-refractivity contribution >= 4 is 5.96 Å². The van der Waals surface area contributed by atoms with Crippen molar-refractivity contribution in [1.82, 2.24) is 20.0 Å². The van der Waals surface area contributed by atoms with Crippen molar-refractivity contribution < 1.29 is 9.47 Å². The molecule has 1 N–H and O–H groups in total. The Hall–Kier alpha value is -1.60. The van der Waals surface area contributed by atoms with Crippen LogP contribution in [0.25, 0.3) is 0 Å². The molecule has 1 aromatic heterocycles. The topological polar surface area (TPSA) is 63.9 Å². The summed E-state index contributed by atoms with van der Waals surface area (Å²) in [6, 6.07) is 0. The van der Waals surface area contributed by atoms with E-state index in [1.165, 1.54) is 18.4 Å². The van der Waals surface area contributed by atoms with E-state index < -0.39 is 0 Å². The molecule has 0 unspecified atom stereocenters. The number of aryl methyl sites for hydroxylation is 1. The van der Waals surface area contributed by atoms with Gasteiger partial charge in [-0.25, -0.2) is 4.99 Å². The van der Waals surface area contributed by atoms with E-state index in [1.807, 2.05) is 11.6 Å².